The number of nitrogens with zero attached hydrogens (tertiary/aromatic N) is 6. The third-order valence-electron chi connectivity index (χ3n) is 3.82. The van der Waals surface area contributed by atoms with Gasteiger partial charge in [-0.1, -0.05) is 0 Å². The average Bonchev–Trinajstić information content (AvgIpc) is 3.07. The maximum atomic E-state index is 12.7. The Morgan fingerprint density at radius 2 is 1.74 bits per heavy atom. The summed E-state index contributed by atoms with van der Waals surface area (Å²) in [7, 11) is -3.50. The van der Waals surface area contributed by atoms with E-state index in [0.717, 1.165) is 0 Å². The standard InChI is InChI=1S/C14H20N6O2S/c1-12(2)20-11-13(10-17-20)23(21,22)19-8-6-18(7-9-19)14-15-4-3-5-16-14/h3-5,10-12H,6-9H2,1-2H3. The quantitative estimate of drug-likeness (QED) is 0.820. The normalized spacial score (nSPS) is 16.9. The van der Waals surface area contributed by atoms with Gasteiger partial charge in [0.25, 0.3) is 0 Å². The van der Waals surface area contributed by atoms with Gasteiger partial charge in [-0.15, -0.1) is 0 Å². The second-order valence-corrected chi connectivity index (χ2v) is 7.63. The Balaban J connectivity index is 1.71. The third kappa shape index (κ3) is 3.20. The minimum Gasteiger partial charge on any atom is -0.338 e. The fourth-order valence-corrected chi connectivity index (χ4v) is 3.83. The molecule has 2 aromatic heterocycles. The van der Waals surface area contributed by atoms with E-state index in [1.54, 1.807) is 29.3 Å². The molecule has 0 bridgehead atoms. The van der Waals surface area contributed by atoms with Crippen LogP contribution < -0.4 is 4.90 Å². The monoisotopic (exact) mass is 336 g/mol. The highest BCUT2D eigenvalue weighted by atomic mass is 32.2. The first-order valence-electron chi connectivity index (χ1n) is 7.55. The minimum atomic E-state index is -3.50. The number of hydrogen-bond donors (Lipinski definition) is 0. The van der Waals surface area contributed by atoms with E-state index in [-0.39, 0.29) is 10.9 Å². The molecule has 0 N–H and O–H groups in total. The maximum absolute atomic E-state index is 12.7. The molecule has 9 heteroatoms. The Hall–Kier alpha value is -2.00. The lowest BCUT2D eigenvalue weighted by atomic mass is 10.4. The van der Waals surface area contributed by atoms with Crippen LogP contribution >= 0.6 is 0 Å². The number of hydrogen-bond acceptors (Lipinski definition) is 6. The van der Waals surface area contributed by atoms with Gasteiger partial charge in [-0.25, -0.2) is 18.4 Å². The zero-order valence-electron chi connectivity index (χ0n) is 13.2. The first-order valence-corrected chi connectivity index (χ1v) is 8.99. The second-order valence-electron chi connectivity index (χ2n) is 5.69. The van der Waals surface area contributed by atoms with Crippen molar-refractivity contribution in [1.82, 2.24) is 24.1 Å². The van der Waals surface area contributed by atoms with Crippen LogP contribution in [0.2, 0.25) is 0 Å². The van der Waals surface area contributed by atoms with Crippen LogP contribution in [0.3, 0.4) is 0 Å². The number of sulfonamides is 1. The first kappa shape index (κ1) is 15.9. The molecule has 124 valence electrons. The SMILES string of the molecule is CC(C)n1cc(S(=O)(=O)N2CCN(c3ncccn3)CC2)cn1. The molecule has 1 aliphatic rings. The van der Waals surface area contributed by atoms with E-state index in [1.807, 2.05) is 18.7 Å². The van der Waals surface area contributed by atoms with Crippen LogP contribution in [0.4, 0.5) is 5.95 Å². The Morgan fingerprint density at radius 3 is 2.30 bits per heavy atom. The van der Waals surface area contributed by atoms with Crippen LogP contribution in [0.1, 0.15) is 19.9 Å². The van der Waals surface area contributed by atoms with E-state index >= 15 is 0 Å². The largest absolute Gasteiger partial charge is 0.338 e. The van der Waals surface area contributed by atoms with Crippen molar-refractivity contribution < 1.29 is 8.42 Å². The fraction of sp³-hybridized carbons (Fsp3) is 0.500. The molecule has 2 aromatic rings. The topological polar surface area (TPSA) is 84.2 Å². The molecule has 0 radical (unpaired) electrons. The van der Waals surface area contributed by atoms with Crippen molar-refractivity contribution in [3.05, 3.63) is 30.9 Å². The molecule has 0 atom stereocenters. The van der Waals surface area contributed by atoms with E-state index in [0.29, 0.717) is 32.1 Å². The summed E-state index contributed by atoms with van der Waals surface area (Å²) in [6.45, 7) is 5.88. The summed E-state index contributed by atoms with van der Waals surface area (Å²) >= 11 is 0. The van der Waals surface area contributed by atoms with Crippen molar-refractivity contribution >= 4 is 16.0 Å². The van der Waals surface area contributed by atoms with Gasteiger partial charge in [0.05, 0.1) is 6.20 Å². The number of anilines is 1. The highest BCUT2D eigenvalue weighted by molar-refractivity contribution is 7.89. The summed E-state index contributed by atoms with van der Waals surface area (Å²) in [5.41, 5.74) is 0. The molecule has 1 aliphatic heterocycles. The van der Waals surface area contributed by atoms with Crippen molar-refractivity contribution in [3.63, 3.8) is 0 Å². The molecule has 0 aliphatic carbocycles. The third-order valence-corrected chi connectivity index (χ3v) is 5.67. The fourth-order valence-electron chi connectivity index (χ4n) is 2.47. The molecule has 23 heavy (non-hydrogen) atoms. The van der Waals surface area contributed by atoms with Gasteiger partial charge in [-0.2, -0.15) is 9.40 Å². The Morgan fingerprint density at radius 1 is 1.09 bits per heavy atom. The van der Waals surface area contributed by atoms with Gasteiger partial charge in [0.2, 0.25) is 16.0 Å². The number of aromatic nitrogens is 4. The van der Waals surface area contributed by atoms with Crippen molar-refractivity contribution in [2.45, 2.75) is 24.8 Å². The van der Waals surface area contributed by atoms with Gasteiger partial charge in [0.1, 0.15) is 4.90 Å². The van der Waals surface area contributed by atoms with E-state index in [2.05, 4.69) is 15.1 Å². The lowest BCUT2D eigenvalue weighted by molar-refractivity contribution is 0.382. The predicted molar refractivity (Wildman–Crippen MR) is 85.6 cm³/mol. The molecular formula is C14H20N6O2S. The molecule has 0 amide bonds. The van der Waals surface area contributed by atoms with Gasteiger partial charge in [-0.3, -0.25) is 4.68 Å². The smallest absolute Gasteiger partial charge is 0.246 e. The molecule has 0 unspecified atom stereocenters. The summed E-state index contributed by atoms with van der Waals surface area (Å²) in [4.78, 5) is 10.6. The zero-order chi connectivity index (χ0) is 16.4. The van der Waals surface area contributed by atoms with Crippen LogP contribution in [-0.2, 0) is 10.0 Å². The molecule has 3 heterocycles. The van der Waals surface area contributed by atoms with E-state index in [9.17, 15) is 8.42 Å². The minimum absolute atomic E-state index is 0.131. The molecular weight excluding hydrogens is 316 g/mol. The van der Waals surface area contributed by atoms with Crippen molar-refractivity contribution in [3.8, 4) is 0 Å². The predicted octanol–water partition coefficient (Wildman–Crippen LogP) is 0.765. The van der Waals surface area contributed by atoms with Gasteiger partial charge < -0.3 is 4.90 Å². The van der Waals surface area contributed by atoms with Crippen LogP contribution in [0.25, 0.3) is 0 Å². The molecule has 0 spiro atoms. The number of piperazine rings is 1. The van der Waals surface area contributed by atoms with E-state index in [4.69, 9.17) is 0 Å². The highest BCUT2D eigenvalue weighted by Crippen LogP contribution is 2.19. The number of rotatable bonds is 4. The van der Waals surface area contributed by atoms with Crippen LogP contribution in [0, 0.1) is 0 Å². The van der Waals surface area contributed by atoms with Gasteiger partial charge in [0, 0.05) is 50.8 Å². The Labute approximate surface area is 135 Å². The Kier molecular flexibility index (Phi) is 4.31. The Bertz CT molecular complexity index is 751. The van der Waals surface area contributed by atoms with Crippen molar-refractivity contribution in [2.24, 2.45) is 0 Å². The van der Waals surface area contributed by atoms with Gasteiger partial charge >= 0.3 is 0 Å². The molecule has 3 rings (SSSR count). The second kappa shape index (κ2) is 6.25. The van der Waals surface area contributed by atoms with E-state index in [1.165, 1.54) is 10.5 Å². The first-order chi connectivity index (χ1) is 11.0. The molecule has 1 saturated heterocycles. The zero-order valence-corrected chi connectivity index (χ0v) is 14.0. The van der Waals surface area contributed by atoms with Crippen LogP contribution in [0.15, 0.2) is 35.7 Å². The summed E-state index contributed by atoms with van der Waals surface area (Å²) in [5.74, 6) is 0.636. The summed E-state index contributed by atoms with van der Waals surface area (Å²) in [5, 5.41) is 4.12. The molecule has 1 fully saturated rings. The lowest BCUT2D eigenvalue weighted by Crippen LogP contribution is -2.49. The summed E-state index contributed by atoms with van der Waals surface area (Å²) < 4.78 is 28.5. The molecule has 8 nitrogen and oxygen atoms in total. The van der Waals surface area contributed by atoms with Crippen LogP contribution in [-0.4, -0.2) is 58.7 Å². The van der Waals surface area contributed by atoms with Gasteiger partial charge in [-0.05, 0) is 19.9 Å². The van der Waals surface area contributed by atoms with Crippen molar-refractivity contribution in [1.29, 1.82) is 0 Å². The maximum Gasteiger partial charge on any atom is 0.246 e. The summed E-state index contributed by atoms with van der Waals surface area (Å²) in [6, 6.07) is 1.89. The lowest BCUT2D eigenvalue weighted by Gasteiger charge is -2.33. The van der Waals surface area contributed by atoms with Crippen molar-refractivity contribution in [2.75, 3.05) is 31.1 Å². The van der Waals surface area contributed by atoms with E-state index < -0.39 is 10.0 Å². The summed E-state index contributed by atoms with van der Waals surface area (Å²) in [6.07, 6.45) is 6.38. The highest BCUT2D eigenvalue weighted by Gasteiger charge is 2.30. The molecule has 0 saturated carbocycles. The average molecular weight is 336 g/mol. The van der Waals surface area contributed by atoms with Crippen LogP contribution in [0.5, 0.6) is 0 Å². The van der Waals surface area contributed by atoms with Gasteiger partial charge in [0.15, 0.2) is 0 Å². The molecule has 0 aromatic carbocycles.